The van der Waals surface area contributed by atoms with E-state index in [4.69, 9.17) is 5.11 Å². The van der Waals surface area contributed by atoms with Gasteiger partial charge in [0.1, 0.15) is 6.10 Å². The van der Waals surface area contributed by atoms with E-state index in [1.165, 1.54) is 12.8 Å². The van der Waals surface area contributed by atoms with Crippen LogP contribution in [0.25, 0.3) is 0 Å². The summed E-state index contributed by atoms with van der Waals surface area (Å²) < 4.78 is 0. The number of aliphatic hydroxyl groups is 2. The molecule has 1 heterocycles. The lowest BCUT2D eigenvalue weighted by Gasteiger charge is -2.23. The number of anilines is 1. The van der Waals surface area contributed by atoms with Gasteiger partial charge in [0.2, 0.25) is 0 Å². The van der Waals surface area contributed by atoms with Crippen molar-refractivity contribution in [1.82, 2.24) is 0 Å². The van der Waals surface area contributed by atoms with Gasteiger partial charge in [-0.15, -0.1) is 0 Å². The highest BCUT2D eigenvalue weighted by Gasteiger charge is 2.18. The Hall–Kier alpha value is -1.06. The van der Waals surface area contributed by atoms with Crippen LogP contribution in [0.1, 0.15) is 24.5 Å². The van der Waals surface area contributed by atoms with Gasteiger partial charge in [-0.25, -0.2) is 0 Å². The minimum Gasteiger partial charge on any atom is -0.393 e. The van der Waals surface area contributed by atoms with E-state index in [9.17, 15) is 5.11 Å². The molecule has 0 spiro atoms. The van der Waals surface area contributed by atoms with E-state index < -0.39 is 6.10 Å². The lowest BCUT2D eigenvalue weighted by atomic mass is 10.1. The zero-order chi connectivity index (χ0) is 10.7. The third-order valence-corrected chi connectivity index (χ3v) is 2.92. The van der Waals surface area contributed by atoms with Crippen LogP contribution in [0.2, 0.25) is 0 Å². The van der Waals surface area contributed by atoms with E-state index in [0.717, 1.165) is 24.3 Å². The molecule has 0 aliphatic carbocycles. The quantitative estimate of drug-likeness (QED) is 0.785. The van der Waals surface area contributed by atoms with Crippen molar-refractivity contribution in [1.29, 1.82) is 0 Å². The second-order valence-electron chi connectivity index (χ2n) is 3.95. The van der Waals surface area contributed by atoms with Crippen molar-refractivity contribution in [2.24, 2.45) is 0 Å². The summed E-state index contributed by atoms with van der Waals surface area (Å²) in [5, 5.41) is 18.7. The topological polar surface area (TPSA) is 43.7 Å². The molecule has 1 unspecified atom stereocenters. The second kappa shape index (κ2) is 4.64. The lowest BCUT2D eigenvalue weighted by Crippen LogP contribution is -2.20. The number of para-hydroxylation sites is 1. The third-order valence-electron chi connectivity index (χ3n) is 2.92. The van der Waals surface area contributed by atoms with Gasteiger partial charge < -0.3 is 15.1 Å². The lowest BCUT2D eigenvalue weighted by molar-refractivity contribution is 0.0959. The number of aliphatic hydroxyl groups excluding tert-OH is 2. The summed E-state index contributed by atoms with van der Waals surface area (Å²) in [5.74, 6) is 0. The molecule has 82 valence electrons. The highest BCUT2D eigenvalue weighted by atomic mass is 16.3. The molecule has 0 saturated carbocycles. The van der Waals surface area contributed by atoms with Crippen LogP contribution in [0, 0.1) is 0 Å². The van der Waals surface area contributed by atoms with Crippen molar-refractivity contribution in [2.45, 2.75) is 18.9 Å². The fourth-order valence-electron chi connectivity index (χ4n) is 2.11. The Morgan fingerprint density at radius 3 is 2.53 bits per heavy atom. The third kappa shape index (κ3) is 2.13. The molecule has 0 amide bonds. The van der Waals surface area contributed by atoms with E-state index >= 15 is 0 Å². The van der Waals surface area contributed by atoms with Crippen molar-refractivity contribution in [3.8, 4) is 0 Å². The molecule has 15 heavy (non-hydrogen) atoms. The molecule has 1 aliphatic heterocycles. The van der Waals surface area contributed by atoms with Crippen LogP contribution in [-0.2, 0) is 0 Å². The Balaban J connectivity index is 2.28. The zero-order valence-electron chi connectivity index (χ0n) is 8.76. The van der Waals surface area contributed by atoms with Crippen LogP contribution in [0.3, 0.4) is 0 Å². The standard InChI is InChI=1S/C12H17NO2/c14-9-12(15)10-5-1-2-6-11(10)13-7-3-4-8-13/h1-2,5-6,12,14-15H,3-4,7-9H2. The van der Waals surface area contributed by atoms with E-state index in [0.29, 0.717) is 0 Å². The minimum atomic E-state index is -0.762. The van der Waals surface area contributed by atoms with Crippen LogP contribution in [0.5, 0.6) is 0 Å². The Labute approximate surface area is 90.0 Å². The Bertz CT molecular complexity index is 321. The molecule has 1 aromatic rings. The van der Waals surface area contributed by atoms with Crippen molar-refractivity contribution in [2.75, 3.05) is 24.6 Å². The Morgan fingerprint density at radius 2 is 1.87 bits per heavy atom. The highest BCUT2D eigenvalue weighted by molar-refractivity contribution is 5.55. The van der Waals surface area contributed by atoms with E-state index in [2.05, 4.69) is 4.90 Å². The number of rotatable bonds is 3. The van der Waals surface area contributed by atoms with Gasteiger partial charge in [0, 0.05) is 24.3 Å². The predicted octanol–water partition coefficient (Wildman–Crippen LogP) is 1.31. The first kappa shape index (κ1) is 10.5. The van der Waals surface area contributed by atoms with Crippen LogP contribution in [-0.4, -0.2) is 29.9 Å². The first-order valence-electron chi connectivity index (χ1n) is 5.45. The van der Waals surface area contributed by atoms with Gasteiger partial charge in [0.05, 0.1) is 6.61 Å². The van der Waals surface area contributed by atoms with Gasteiger partial charge >= 0.3 is 0 Å². The van der Waals surface area contributed by atoms with Gasteiger partial charge in [0.25, 0.3) is 0 Å². The molecule has 3 heteroatoms. The molecule has 1 aromatic carbocycles. The maximum absolute atomic E-state index is 9.69. The van der Waals surface area contributed by atoms with Crippen LogP contribution >= 0.6 is 0 Å². The molecule has 0 aromatic heterocycles. The summed E-state index contributed by atoms with van der Waals surface area (Å²) in [4.78, 5) is 2.27. The first-order valence-corrected chi connectivity index (χ1v) is 5.45. The summed E-state index contributed by atoms with van der Waals surface area (Å²) >= 11 is 0. The van der Waals surface area contributed by atoms with Crippen molar-refractivity contribution in [3.05, 3.63) is 29.8 Å². The Kier molecular flexibility index (Phi) is 3.23. The largest absolute Gasteiger partial charge is 0.393 e. The molecule has 3 nitrogen and oxygen atoms in total. The smallest absolute Gasteiger partial charge is 0.104 e. The van der Waals surface area contributed by atoms with Crippen molar-refractivity contribution in [3.63, 3.8) is 0 Å². The maximum atomic E-state index is 9.69. The second-order valence-corrected chi connectivity index (χ2v) is 3.95. The van der Waals surface area contributed by atoms with Gasteiger partial charge in [-0.1, -0.05) is 18.2 Å². The molecule has 1 aliphatic rings. The summed E-state index contributed by atoms with van der Waals surface area (Å²) in [5.41, 5.74) is 1.90. The van der Waals surface area contributed by atoms with E-state index in [1.807, 2.05) is 24.3 Å². The molecule has 2 rings (SSSR count). The van der Waals surface area contributed by atoms with Gasteiger partial charge in [-0.05, 0) is 18.9 Å². The molecular formula is C12H17NO2. The monoisotopic (exact) mass is 207 g/mol. The van der Waals surface area contributed by atoms with E-state index in [-0.39, 0.29) is 6.61 Å². The molecule has 2 N–H and O–H groups in total. The SMILES string of the molecule is OCC(O)c1ccccc1N1CCCC1. The van der Waals surface area contributed by atoms with Crippen LogP contribution in [0.4, 0.5) is 5.69 Å². The fourth-order valence-corrected chi connectivity index (χ4v) is 2.11. The average molecular weight is 207 g/mol. The van der Waals surface area contributed by atoms with Gasteiger partial charge in [-0.3, -0.25) is 0 Å². The Morgan fingerprint density at radius 1 is 1.20 bits per heavy atom. The summed E-state index contributed by atoms with van der Waals surface area (Å²) in [6.45, 7) is 1.88. The van der Waals surface area contributed by atoms with Crippen LogP contribution < -0.4 is 4.90 Å². The van der Waals surface area contributed by atoms with Gasteiger partial charge in [0.15, 0.2) is 0 Å². The summed E-state index contributed by atoms with van der Waals surface area (Å²) in [6.07, 6.45) is 1.66. The molecule has 1 saturated heterocycles. The fraction of sp³-hybridized carbons (Fsp3) is 0.500. The molecule has 1 fully saturated rings. The first-order chi connectivity index (χ1) is 7.33. The average Bonchev–Trinajstić information content (AvgIpc) is 2.81. The number of nitrogens with zero attached hydrogens (tertiary/aromatic N) is 1. The highest BCUT2D eigenvalue weighted by Crippen LogP contribution is 2.28. The molecule has 1 atom stereocenters. The van der Waals surface area contributed by atoms with Crippen LogP contribution in [0.15, 0.2) is 24.3 Å². The zero-order valence-corrected chi connectivity index (χ0v) is 8.76. The van der Waals surface area contributed by atoms with Crippen molar-refractivity contribution < 1.29 is 10.2 Å². The minimum absolute atomic E-state index is 0.217. The van der Waals surface area contributed by atoms with Crippen molar-refractivity contribution >= 4 is 5.69 Å². The number of benzene rings is 1. The number of hydrogen-bond acceptors (Lipinski definition) is 3. The predicted molar refractivity (Wildman–Crippen MR) is 59.9 cm³/mol. The molecular weight excluding hydrogens is 190 g/mol. The normalized spacial score (nSPS) is 18.1. The summed E-state index contributed by atoms with van der Waals surface area (Å²) in [6, 6.07) is 7.77. The van der Waals surface area contributed by atoms with Gasteiger partial charge in [-0.2, -0.15) is 0 Å². The summed E-state index contributed by atoms with van der Waals surface area (Å²) in [7, 11) is 0. The number of hydrogen-bond donors (Lipinski definition) is 2. The van der Waals surface area contributed by atoms with E-state index in [1.54, 1.807) is 0 Å². The molecule has 0 bridgehead atoms. The maximum Gasteiger partial charge on any atom is 0.104 e. The molecule has 0 radical (unpaired) electrons.